The van der Waals surface area contributed by atoms with Gasteiger partial charge in [-0.1, -0.05) is 23.8 Å². The van der Waals surface area contributed by atoms with E-state index >= 15 is 0 Å². The lowest BCUT2D eigenvalue weighted by atomic mass is 10.0. The van der Waals surface area contributed by atoms with Gasteiger partial charge in [0, 0.05) is 37.7 Å². The Hall–Kier alpha value is -2.77. The second-order valence-corrected chi connectivity index (χ2v) is 7.39. The van der Waals surface area contributed by atoms with E-state index in [2.05, 4.69) is 29.1 Å². The number of likely N-dealkylation sites (tertiary alicyclic amines) is 1. The van der Waals surface area contributed by atoms with Crippen LogP contribution in [0.15, 0.2) is 42.7 Å². The van der Waals surface area contributed by atoms with Crippen LogP contribution < -0.4 is 0 Å². The van der Waals surface area contributed by atoms with Gasteiger partial charge < -0.3 is 14.4 Å². The van der Waals surface area contributed by atoms with Crippen molar-refractivity contribution in [3.63, 3.8) is 0 Å². The van der Waals surface area contributed by atoms with Gasteiger partial charge >= 0.3 is 0 Å². The minimum absolute atomic E-state index is 0.0447. The Labute approximate surface area is 162 Å². The normalized spacial score (nSPS) is 18.8. The standard InChI is InChI=1S/C21H22N4O3/c1-15-3-2-4-16(13-15)18-5-8-22-19-17(14-23-25(18)19)20(26)24-9-6-21(7-10-24)27-11-12-28-21/h2-5,8,13-14H,6-7,9-12H2,1H3. The Balaban J connectivity index is 1.44. The molecule has 1 aromatic carbocycles. The van der Waals surface area contributed by atoms with E-state index < -0.39 is 5.79 Å². The molecule has 0 bridgehead atoms. The highest BCUT2D eigenvalue weighted by molar-refractivity contribution is 6.00. The molecule has 0 radical (unpaired) electrons. The van der Waals surface area contributed by atoms with Crippen molar-refractivity contribution in [2.45, 2.75) is 25.6 Å². The van der Waals surface area contributed by atoms with Crippen LogP contribution in [0.1, 0.15) is 28.8 Å². The molecule has 5 rings (SSSR count). The van der Waals surface area contributed by atoms with Crippen molar-refractivity contribution in [1.29, 1.82) is 0 Å². The molecule has 2 fully saturated rings. The van der Waals surface area contributed by atoms with Crippen LogP contribution in [0.4, 0.5) is 0 Å². The Morgan fingerprint density at radius 3 is 2.68 bits per heavy atom. The molecule has 2 aromatic heterocycles. The second-order valence-electron chi connectivity index (χ2n) is 7.39. The van der Waals surface area contributed by atoms with Gasteiger partial charge in [-0.3, -0.25) is 4.79 Å². The molecule has 0 N–H and O–H groups in total. The molecule has 7 heteroatoms. The zero-order valence-electron chi connectivity index (χ0n) is 15.8. The van der Waals surface area contributed by atoms with Gasteiger partial charge in [0.15, 0.2) is 11.4 Å². The van der Waals surface area contributed by atoms with Gasteiger partial charge in [-0.15, -0.1) is 0 Å². The molecule has 28 heavy (non-hydrogen) atoms. The summed E-state index contributed by atoms with van der Waals surface area (Å²) in [5, 5.41) is 4.47. The van der Waals surface area contributed by atoms with Crippen molar-refractivity contribution >= 4 is 11.6 Å². The summed E-state index contributed by atoms with van der Waals surface area (Å²) < 4.78 is 13.3. The molecule has 144 valence electrons. The number of fused-ring (bicyclic) bond motifs is 1. The summed E-state index contributed by atoms with van der Waals surface area (Å²) in [6.45, 7) is 4.53. The van der Waals surface area contributed by atoms with E-state index in [1.807, 2.05) is 23.1 Å². The summed E-state index contributed by atoms with van der Waals surface area (Å²) in [5.41, 5.74) is 4.24. The minimum atomic E-state index is -0.492. The third-order valence-electron chi connectivity index (χ3n) is 5.57. The number of carbonyl (C=O) groups is 1. The second kappa shape index (κ2) is 6.68. The molecule has 0 unspecified atom stereocenters. The lowest BCUT2D eigenvalue weighted by molar-refractivity contribution is -0.181. The van der Waals surface area contributed by atoms with Crippen molar-refractivity contribution in [1.82, 2.24) is 19.5 Å². The first-order valence-corrected chi connectivity index (χ1v) is 9.62. The van der Waals surface area contributed by atoms with Gasteiger partial charge in [-0.25, -0.2) is 9.50 Å². The SMILES string of the molecule is Cc1cccc(-c2ccnc3c(C(=O)N4CCC5(CC4)OCCO5)cnn23)c1. The molecule has 1 spiro atoms. The zero-order valence-corrected chi connectivity index (χ0v) is 15.8. The van der Waals surface area contributed by atoms with E-state index in [1.54, 1.807) is 16.9 Å². The molecule has 3 aromatic rings. The number of ether oxygens (including phenoxy) is 2. The number of nitrogens with zero attached hydrogens (tertiary/aromatic N) is 4. The van der Waals surface area contributed by atoms with Gasteiger partial charge in [0.2, 0.25) is 0 Å². The summed E-state index contributed by atoms with van der Waals surface area (Å²) in [7, 11) is 0. The fourth-order valence-electron chi connectivity index (χ4n) is 4.07. The summed E-state index contributed by atoms with van der Waals surface area (Å²) in [6.07, 6.45) is 4.74. The largest absolute Gasteiger partial charge is 0.347 e. The molecular weight excluding hydrogens is 356 g/mol. The first-order valence-electron chi connectivity index (χ1n) is 9.62. The summed E-state index contributed by atoms with van der Waals surface area (Å²) in [5.74, 6) is -0.536. The van der Waals surface area contributed by atoms with E-state index in [0.29, 0.717) is 50.4 Å². The topological polar surface area (TPSA) is 69.0 Å². The monoisotopic (exact) mass is 378 g/mol. The summed E-state index contributed by atoms with van der Waals surface area (Å²) >= 11 is 0. The molecule has 0 saturated carbocycles. The molecule has 1 amide bonds. The molecule has 2 saturated heterocycles. The fraction of sp³-hybridized carbons (Fsp3) is 0.381. The first-order chi connectivity index (χ1) is 13.7. The van der Waals surface area contributed by atoms with E-state index in [9.17, 15) is 4.79 Å². The number of benzene rings is 1. The number of rotatable bonds is 2. The molecule has 7 nitrogen and oxygen atoms in total. The minimum Gasteiger partial charge on any atom is -0.347 e. The van der Waals surface area contributed by atoms with E-state index in [0.717, 1.165) is 11.3 Å². The van der Waals surface area contributed by atoms with E-state index in [4.69, 9.17) is 9.47 Å². The van der Waals surface area contributed by atoms with E-state index in [1.165, 1.54) is 5.56 Å². The van der Waals surface area contributed by atoms with Crippen LogP contribution in [-0.4, -0.2) is 57.5 Å². The maximum atomic E-state index is 13.1. The van der Waals surface area contributed by atoms with Gasteiger partial charge in [-0.2, -0.15) is 5.10 Å². The van der Waals surface area contributed by atoms with Crippen LogP contribution in [0, 0.1) is 6.92 Å². The highest BCUT2D eigenvalue weighted by atomic mass is 16.7. The van der Waals surface area contributed by atoms with E-state index in [-0.39, 0.29) is 5.91 Å². The van der Waals surface area contributed by atoms with Gasteiger partial charge in [0.05, 0.1) is 25.1 Å². The van der Waals surface area contributed by atoms with Gasteiger partial charge in [-0.05, 0) is 19.1 Å². The quantitative estimate of drug-likeness (QED) is 0.686. The highest BCUT2D eigenvalue weighted by Gasteiger charge is 2.41. The average molecular weight is 378 g/mol. The van der Waals surface area contributed by atoms with Crippen LogP contribution in [0.25, 0.3) is 16.9 Å². The van der Waals surface area contributed by atoms with Crippen molar-refractivity contribution in [3.05, 3.63) is 53.9 Å². The Morgan fingerprint density at radius 1 is 1.14 bits per heavy atom. The fourth-order valence-corrected chi connectivity index (χ4v) is 4.07. The number of carbonyl (C=O) groups excluding carboxylic acids is 1. The predicted molar refractivity (Wildman–Crippen MR) is 103 cm³/mol. The summed E-state index contributed by atoms with van der Waals surface area (Å²) in [4.78, 5) is 19.4. The Kier molecular flexibility index (Phi) is 4.14. The predicted octanol–water partition coefficient (Wildman–Crippen LogP) is 2.68. The third kappa shape index (κ3) is 2.87. The van der Waals surface area contributed by atoms with Crippen molar-refractivity contribution in [2.75, 3.05) is 26.3 Å². The van der Waals surface area contributed by atoms with Crippen LogP contribution >= 0.6 is 0 Å². The van der Waals surface area contributed by atoms with Crippen molar-refractivity contribution < 1.29 is 14.3 Å². The Bertz CT molecular complexity index is 1030. The van der Waals surface area contributed by atoms with Gasteiger partial charge in [0.25, 0.3) is 5.91 Å². The zero-order chi connectivity index (χ0) is 19.1. The summed E-state index contributed by atoms with van der Waals surface area (Å²) in [6, 6.07) is 10.1. The number of aryl methyl sites for hydroxylation is 1. The lowest BCUT2D eigenvalue weighted by Crippen LogP contribution is -2.47. The molecule has 4 heterocycles. The molecule has 2 aliphatic heterocycles. The third-order valence-corrected chi connectivity index (χ3v) is 5.57. The highest BCUT2D eigenvalue weighted by Crippen LogP contribution is 2.32. The smallest absolute Gasteiger partial charge is 0.259 e. The molecule has 0 atom stereocenters. The van der Waals surface area contributed by atoms with Gasteiger partial charge in [0.1, 0.15) is 5.56 Å². The average Bonchev–Trinajstić information content (AvgIpc) is 3.35. The molecular formula is C21H22N4O3. The lowest BCUT2D eigenvalue weighted by Gasteiger charge is -2.37. The number of piperidine rings is 1. The maximum absolute atomic E-state index is 13.1. The van der Waals surface area contributed by atoms with Crippen LogP contribution in [0.3, 0.4) is 0 Å². The Morgan fingerprint density at radius 2 is 1.93 bits per heavy atom. The maximum Gasteiger partial charge on any atom is 0.259 e. The number of hydrogen-bond acceptors (Lipinski definition) is 5. The number of aromatic nitrogens is 3. The number of hydrogen-bond donors (Lipinski definition) is 0. The molecule has 0 aliphatic carbocycles. The van der Waals surface area contributed by atoms with Crippen LogP contribution in [-0.2, 0) is 9.47 Å². The van der Waals surface area contributed by atoms with Crippen LogP contribution in [0.2, 0.25) is 0 Å². The molecule has 2 aliphatic rings. The van der Waals surface area contributed by atoms with Crippen LogP contribution in [0.5, 0.6) is 0 Å². The van der Waals surface area contributed by atoms with Crippen molar-refractivity contribution in [2.24, 2.45) is 0 Å². The van der Waals surface area contributed by atoms with Crippen molar-refractivity contribution in [3.8, 4) is 11.3 Å². The first kappa shape index (κ1) is 17.3. The number of amides is 1.